The van der Waals surface area contributed by atoms with Crippen molar-refractivity contribution in [2.45, 2.75) is 38.6 Å². The summed E-state index contributed by atoms with van der Waals surface area (Å²) in [6, 6.07) is 12.3. The van der Waals surface area contributed by atoms with Crippen LogP contribution in [0.25, 0.3) is 16.6 Å². The van der Waals surface area contributed by atoms with Crippen molar-refractivity contribution < 1.29 is 13.5 Å². The number of nitrogens with zero attached hydrogens (tertiary/aromatic N) is 2. The minimum Gasteiger partial charge on any atom is -0.464 e. The molecule has 34 heavy (non-hydrogen) atoms. The summed E-state index contributed by atoms with van der Waals surface area (Å²) in [5.41, 5.74) is 5.29. The number of rotatable bonds is 4. The normalized spacial score (nSPS) is 23.4. The average Bonchev–Trinajstić information content (AvgIpc) is 3.19. The molecule has 1 N–H and O–H groups in total. The van der Waals surface area contributed by atoms with Crippen molar-refractivity contribution in [1.82, 2.24) is 9.47 Å². The fraction of sp³-hybridized carbons (Fsp3) is 0.370. The van der Waals surface area contributed by atoms with E-state index in [1.54, 1.807) is 0 Å². The maximum absolute atomic E-state index is 14.1. The van der Waals surface area contributed by atoms with E-state index in [-0.39, 0.29) is 22.9 Å². The van der Waals surface area contributed by atoms with Gasteiger partial charge in [-0.15, -0.1) is 0 Å². The molecule has 4 heterocycles. The molecular formula is C27H27F2N3OS. The van der Waals surface area contributed by atoms with E-state index in [0.717, 1.165) is 44.1 Å². The average molecular weight is 480 g/mol. The third-order valence-corrected chi connectivity index (χ3v) is 8.06. The number of piperidine rings is 1. The van der Waals surface area contributed by atoms with E-state index < -0.39 is 11.6 Å². The third-order valence-electron chi connectivity index (χ3n) is 7.84. The van der Waals surface area contributed by atoms with Gasteiger partial charge in [0.25, 0.3) is 5.17 Å². The monoisotopic (exact) mass is 479 g/mol. The number of anilines is 1. The Morgan fingerprint density at radius 3 is 2.88 bits per heavy atom. The molecule has 0 spiro atoms. The Bertz CT molecular complexity index is 1330. The van der Waals surface area contributed by atoms with Crippen molar-refractivity contribution in [2.24, 2.45) is 5.41 Å². The Kier molecular flexibility index (Phi) is 5.22. The van der Waals surface area contributed by atoms with Crippen LogP contribution in [0.3, 0.4) is 0 Å². The van der Waals surface area contributed by atoms with Gasteiger partial charge in [0.2, 0.25) is 0 Å². The maximum Gasteiger partial charge on any atom is 0.261 e. The lowest BCUT2D eigenvalue weighted by Crippen LogP contribution is -2.50. The number of ether oxygens (including phenoxy) is 1. The van der Waals surface area contributed by atoms with Gasteiger partial charge in [-0.05, 0) is 68.2 Å². The van der Waals surface area contributed by atoms with Crippen LogP contribution in [0.2, 0.25) is 0 Å². The van der Waals surface area contributed by atoms with E-state index in [9.17, 15) is 8.78 Å². The quantitative estimate of drug-likeness (QED) is 0.446. The molecule has 2 aromatic carbocycles. The summed E-state index contributed by atoms with van der Waals surface area (Å²) in [4.78, 5) is 2.67. The lowest BCUT2D eigenvalue weighted by molar-refractivity contribution is 0.0264. The summed E-state index contributed by atoms with van der Waals surface area (Å²) in [6.45, 7) is 4.80. The van der Waals surface area contributed by atoms with Crippen LogP contribution in [-0.4, -0.2) is 34.3 Å². The molecule has 6 rings (SSSR count). The molecule has 3 aromatic rings. The van der Waals surface area contributed by atoms with Crippen LogP contribution >= 0.6 is 12.2 Å². The molecule has 0 radical (unpaired) electrons. The van der Waals surface area contributed by atoms with Gasteiger partial charge in [0, 0.05) is 29.1 Å². The van der Waals surface area contributed by atoms with Gasteiger partial charge in [-0.3, -0.25) is 4.90 Å². The van der Waals surface area contributed by atoms with Gasteiger partial charge in [-0.2, -0.15) is 0 Å². The fourth-order valence-electron chi connectivity index (χ4n) is 6.37. The maximum atomic E-state index is 14.1. The molecule has 1 aromatic heterocycles. The first kappa shape index (κ1) is 21.7. The Labute approximate surface area is 203 Å². The molecule has 0 saturated carbocycles. The Morgan fingerprint density at radius 2 is 2.06 bits per heavy atom. The summed E-state index contributed by atoms with van der Waals surface area (Å²) in [5.74, 6) is -1.34. The zero-order chi connectivity index (χ0) is 23.4. The van der Waals surface area contributed by atoms with Crippen molar-refractivity contribution in [3.63, 3.8) is 0 Å². The molecule has 0 amide bonds. The molecule has 0 aliphatic carbocycles. The number of nitrogens with one attached hydrogen (secondary N) is 1. The number of aromatic nitrogens is 1. The smallest absolute Gasteiger partial charge is 0.261 e. The summed E-state index contributed by atoms with van der Waals surface area (Å²) < 4.78 is 35.6. The van der Waals surface area contributed by atoms with Crippen LogP contribution in [0.4, 0.5) is 14.5 Å². The number of para-hydroxylation sites is 1. The molecular weight excluding hydrogens is 452 g/mol. The first-order valence-electron chi connectivity index (χ1n) is 12.0. The molecule has 3 aliphatic rings. The molecule has 7 heteroatoms. The van der Waals surface area contributed by atoms with E-state index in [2.05, 4.69) is 52.0 Å². The molecule has 0 unspecified atom stereocenters. The van der Waals surface area contributed by atoms with Crippen LogP contribution in [0.1, 0.15) is 43.5 Å². The van der Waals surface area contributed by atoms with E-state index in [0.29, 0.717) is 6.04 Å². The second kappa shape index (κ2) is 8.17. The molecule has 0 bridgehead atoms. The third kappa shape index (κ3) is 3.28. The first-order valence-corrected chi connectivity index (χ1v) is 12.4. The van der Waals surface area contributed by atoms with Crippen LogP contribution in [-0.2, 0) is 11.2 Å². The Balaban J connectivity index is 1.37. The Hall–Kier alpha value is -2.77. The summed E-state index contributed by atoms with van der Waals surface area (Å²) in [5, 5.41) is 4.14. The topological polar surface area (TPSA) is 29.4 Å². The molecule has 3 aliphatic heterocycles. The second-order valence-electron chi connectivity index (χ2n) is 9.56. The van der Waals surface area contributed by atoms with Gasteiger partial charge in [0.1, 0.15) is 18.2 Å². The number of halogens is 2. The first-order chi connectivity index (χ1) is 16.5. The van der Waals surface area contributed by atoms with Gasteiger partial charge in [-0.1, -0.05) is 31.2 Å². The van der Waals surface area contributed by atoms with E-state index in [1.165, 1.54) is 40.7 Å². The molecule has 1 fully saturated rings. The predicted molar refractivity (Wildman–Crippen MR) is 135 cm³/mol. The number of hydrogen-bond donors (Lipinski definition) is 1. The number of thiocarbonyl (C=S) groups is 1. The van der Waals surface area contributed by atoms with Gasteiger partial charge < -0.3 is 14.6 Å². The molecule has 2 atom stereocenters. The lowest BCUT2D eigenvalue weighted by atomic mass is 9.66. The van der Waals surface area contributed by atoms with Crippen molar-refractivity contribution in [3.05, 3.63) is 71.4 Å². The molecule has 1 saturated heterocycles. The highest BCUT2D eigenvalue weighted by atomic mass is 32.1. The van der Waals surface area contributed by atoms with Gasteiger partial charge >= 0.3 is 0 Å². The van der Waals surface area contributed by atoms with E-state index >= 15 is 0 Å². The largest absolute Gasteiger partial charge is 0.464 e. The zero-order valence-corrected chi connectivity index (χ0v) is 19.9. The highest BCUT2D eigenvalue weighted by Gasteiger charge is 2.50. The SMILES string of the molecule is CC[C@@]12C=C(COC(=S)Nc3ccc(F)cc3F)n3c4c(c5ccccc53)CCN(CCC1)[C@H]42. The van der Waals surface area contributed by atoms with Crippen LogP contribution in [0.5, 0.6) is 0 Å². The van der Waals surface area contributed by atoms with Crippen molar-refractivity contribution in [3.8, 4) is 0 Å². The van der Waals surface area contributed by atoms with Crippen molar-refractivity contribution in [1.29, 1.82) is 0 Å². The van der Waals surface area contributed by atoms with Gasteiger partial charge in [0.05, 0.1) is 22.9 Å². The van der Waals surface area contributed by atoms with E-state index in [4.69, 9.17) is 17.0 Å². The number of benzene rings is 2. The highest BCUT2D eigenvalue weighted by molar-refractivity contribution is 7.80. The molecule has 4 nitrogen and oxygen atoms in total. The second-order valence-corrected chi connectivity index (χ2v) is 9.93. The number of hydrogen-bond acceptors (Lipinski definition) is 3. The minimum absolute atomic E-state index is 0.0641. The summed E-state index contributed by atoms with van der Waals surface area (Å²) in [6.07, 6.45) is 6.87. The minimum atomic E-state index is -0.705. The number of fused-ring (bicyclic) bond motifs is 3. The van der Waals surface area contributed by atoms with Gasteiger partial charge in [0.15, 0.2) is 0 Å². The van der Waals surface area contributed by atoms with Crippen molar-refractivity contribution in [2.75, 3.05) is 25.0 Å². The van der Waals surface area contributed by atoms with Gasteiger partial charge in [-0.25, -0.2) is 8.78 Å². The van der Waals surface area contributed by atoms with E-state index in [1.807, 2.05) is 0 Å². The fourth-order valence-corrected chi connectivity index (χ4v) is 6.54. The summed E-state index contributed by atoms with van der Waals surface area (Å²) >= 11 is 5.36. The highest BCUT2D eigenvalue weighted by Crippen LogP contribution is 2.56. The Morgan fingerprint density at radius 1 is 1.21 bits per heavy atom. The summed E-state index contributed by atoms with van der Waals surface area (Å²) in [7, 11) is 0. The zero-order valence-electron chi connectivity index (χ0n) is 19.1. The standard InChI is InChI=1S/C27H27F2N3OS/c1-2-27-11-5-12-31-13-10-20-19-6-3-4-7-23(19)32(24(20)25(27)31)18(15-27)16-33-26(34)30-22-9-8-17(28)14-21(22)29/h3-4,6-9,14-15,25H,2,5,10-13,16H2,1H3,(H,30,34)/t25-,27+/m1/s1. The van der Waals surface area contributed by atoms with Crippen molar-refractivity contribution >= 4 is 39.7 Å². The van der Waals surface area contributed by atoms with Crippen LogP contribution in [0.15, 0.2) is 48.5 Å². The lowest BCUT2D eigenvalue weighted by Gasteiger charge is -2.53. The van der Waals surface area contributed by atoms with Crippen LogP contribution < -0.4 is 5.32 Å². The molecule has 176 valence electrons. The van der Waals surface area contributed by atoms with Crippen LogP contribution in [0, 0.1) is 17.0 Å². The predicted octanol–water partition coefficient (Wildman–Crippen LogP) is 6.28.